The zero-order valence-corrected chi connectivity index (χ0v) is 15.1. The van der Waals surface area contributed by atoms with E-state index in [2.05, 4.69) is 64.2 Å². The van der Waals surface area contributed by atoms with Gasteiger partial charge in [0.25, 0.3) is 0 Å². The summed E-state index contributed by atoms with van der Waals surface area (Å²) in [7, 11) is 0. The monoisotopic (exact) mass is 333 g/mol. The van der Waals surface area contributed by atoms with Crippen LogP contribution in [0.15, 0.2) is 61.2 Å². The van der Waals surface area contributed by atoms with Crippen LogP contribution in [0.2, 0.25) is 0 Å². The van der Waals surface area contributed by atoms with E-state index in [4.69, 9.17) is 0 Å². The van der Waals surface area contributed by atoms with Crippen LogP contribution in [0.4, 0.5) is 0 Å². The van der Waals surface area contributed by atoms with Gasteiger partial charge in [-0.3, -0.25) is 9.97 Å². The minimum atomic E-state index is 0.965. The third-order valence-electron chi connectivity index (χ3n) is 4.55. The lowest BCUT2D eigenvalue weighted by atomic mass is 10.0. The molecule has 0 saturated carbocycles. The second kappa shape index (κ2) is 9.16. The molecule has 0 bridgehead atoms. The molecule has 3 nitrogen and oxygen atoms in total. The zero-order chi connectivity index (χ0) is 17.3. The number of hydrogen-bond acceptors (Lipinski definition) is 2. The molecule has 3 heteroatoms. The molecule has 3 aromatic rings. The van der Waals surface area contributed by atoms with E-state index in [9.17, 15) is 0 Å². The topological polar surface area (TPSA) is 30.7 Å². The Morgan fingerprint density at radius 2 is 1.48 bits per heavy atom. The molecular weight excluding hydrogens is 306 g/mol. The quantitative estimate of drug-likeness (QED) is 0.488. The predicted molar refractivity (Wildman–Crippen MR) is 103 cm³/mol. The average Bonchev–Trinajstić information content (AvgIpc) is 3.15. The number of unbranched alkanes of at least 4 members (excludes halogenated alkanes) is 4. The summed E-state index contributed by atoms with van der Waals surface area (Å²) in [6, 6.07) is 12.6. The maximum Gasteiger partial charge on any atom is 0.0888 e. The van der Waals surface area contributed by atoms with Crippen molar-refractivity contribution in [3.05, 3.63) is 72.3 Å². The van der Waals surface area contributed by atoms with Crippen molar-refractivity contribution in [2.24, 2.45) is 0 Å². The van der Waals surface area contributed by atoms with Gasteiger partial charge in [-0.1, -0.05) is 19.3 Å². The molecule has 0 N–H and O–H groups in total. The Bertz CT molecular complexity index is 762. The summed E-state index contributed by atoms with van der Waals surface area (Å²) in [6.07, 6.45) is 15.6. The lowest BCUT2D eigenvalue weighted by Gasteiger charge is -2.06. The molecule has 0 radical (unpaired) electrons. The highest BCUT2D eigenvalue weighted by Crippen LogP contribution is 2.18. The van der Waals surface area contributed by atoms with Gasteiger partial charge in [-0.25, -0.2) is 0 Å². The van der Waals surface area contributed by atoms with Crippen molar-refractivity contribution in [1.29, 1.82) is 0 Å². The Balaban J connectivity index is 1.39. The first-order chi connectivity index (χ1) is 12.3. The standard InChI is InChI=1S/C22H27N3/c1-19-10-12-23-21(17-19)22-18-20(11-13-24-22)9-5-3-2-4-6-14-25-15-7-8-16-25/h7-8,10-13,15-18H,2-6,9,14H2,1H3. The molecule has 0 aromatic carbocycles. The van der Waals surface area contributed by atoms with Gasteiger partial charge in [-0.15, -0.1) is 0 Å². The van der Waals surface area contributed by atoms with E-state index in [1.807, 2.05) is 18.5 Å². The number of nitrogens with zero attached hydrogens (tertiary/aromatic N) is 3. The minimum absolute atomic E-state index is 0.965. The van der Waals surface area contributed by atoms with Crippen molar-refractivity contribution in [2.75, 3.05) is 0 Å². The molecule has 0 amide bonds. The van der Waals surface area contributed by atoms with Gasteiger partial charge >= 0.3 is 0 Å². The maximum atomic E-state index is 4.48. The summed E-state index contributed by atoms with van der Waals surface area (Å²) < 4.78 is 2.26. The number of aryl methyl sites for hydroxylation is 3. The smallest absolute Gasteiger partial charge is 0.0888 e. The van der Waals surface area contributed by atoms with Crippen molar-refractivity contribution in [2.45, 2.75) is 52.0 Å². The molecule has 0 aliphatic rings. The predicted octanol–water partition coefficient (Wildman–Crippen LogP) is 5.45. The highest BCUT2D eigenvalue weighted by molar-refractivity contribution is 5.55. The van der Waals surface area contributed by atoms with Crippen molar-refractivity contribution in [3.63, 3.8) is 0 Å². The van der Waals surface area contributed by atoms with Gasteiger partial charge in [-0.2, -0.15) is 0 Å². The van der Waals surface area contributed by atoms with Gasteiger partial charge in [0.2, 0.25) is 0 Å². The summed E-state index contributed by atoms with van der Waals surface area (Å²) >= 11 is 0. The Labute approximate surface area is 150 Å². The lowest BCUT2D eigenvalue weighted by Crippen LogP contribution is -1.94. The van der Waals surface area contributed by atoms with Crippen LogP contribution in [0.1, 0.15) is 43.2 Å². The van der Waals surface area contributed by atoms with E-state index in [-0.39, 0.29) is 0 Å². The molecule has 0 aliphatic heterocycles. The molecule has 0 unspecified atom stereocenters. The summed E-state index contributed by atoms with van der Waals surface area (Å²) in [4.78, 5) is 8.92. The second-order valence-electron chi connectivity index (χ2n) is 6.71. The number of rotatable bonds is 9. The van der Waals surface area contributed by atoms with Crippen LogP contribution in [0.25, 0.3) is 11.4 Å². The van der Waals surface area contributed by atoms with Crippen molar-refractivity contribution in [1.82, 2.24) is 14.5 Å². The highest BCUT2D eigenvalue weighted by Gasteiger charge is 2.03. The fraction of sp³-hybridized carbons (Fsp3) is 0.364. The molecule has 25 heavy (non-hydrogen) atoms. The summed E-state index contributed by atoms with van der Waals surface area (Å²) in [6.45, 7) is 3.23. The minimum Gasteiger partial charge on any atom is -0.354 e. The van der Waals surface area contributed by atoms with Gasteiger partial charge in [0.05, 0.1) is 11.4 Å². The number of aromatic nitrogens is 3. The Hall–Kier alpha value is -2.42. The number of hydrogen-bond donors (Lipinski definition) is 0. The molecule has 0 atom stereocenters. The van der Waals surface area contributed by atoms with E-state index < -0.39 is 0 Å². The fourth-order valence-corrected chi connectivity index (χ4v) is 3.12. The van der Waals surface area contributed by atoms with E-state index in [0.717, 1.165) is 24.4 Å². The third kappa shape index (κ3) is 5.56. The molecule has 0 fully saturated rings. The molecule has 0 spiro atoms. The summed E-state index contributed by atoms with van der Waals surface area (Å²) in [5, 5.41) is 0. The van der Waals surface area contributed by atoms with Gasteiger partial charge in [0.1, 0.15) is 0 Å². The first kappa shape index (κ1) is 17.4. The normalized spacial score (nSPS) is 10.9. The summed E-state index contributed by atoms with van der Waals surface area (Å²) in [5.74, 6) is 0. The van der Waals surface area contributed by atoms with Crippen molar-refractivity contribution >= 4 is 0 Å². The van der Waals surface area contributed by atoms with Crippen molar-refractivity contribution < 1.29 is 0 Å². The van der Waals surface area contributed by atoms with Crippen LogP contribution < -0.4 is 0 Å². The Kier molecular flexibility index (Phi) is 6.38. The lowest BCUT2D eigenvalue weighted by molar-refractivity contribution is 0.562. The highest BCUT2D eigenvalue weighted by atomic mass is 14.9. The molecule has 3 rings (SSSR count). The largest absolute Gasteiger partial charge is 0.354 e. The van der Waals surface area contributed by atoms with Gasteiger partial charge in [-0.05, 0) is 73.7 Å². The van der Waals surface area contributed by atoms with Gasteiger partial charge in [0, 0.05) is 31.3 Å². The van der Waals surface area contributed by atoms with E-state index in [1.165, 1.54) is 43.2 Å². The van der Waals surface area contributed by atoms with Crippen LogP contribution in [0.5, 0.6) is 0 Å². The third-order valence-corrected chi connectivity index (χ3v) is 4.55. The molecule has 0 saturated heterocycles. The summed E-state index contributed by atoms with van der Waals surface area (Å²) in [5.41, 5.74) is 4.53. The zero-order valence-electron chi connectivity index (χ0n) is 15.1. The van der Waals surface area contributed by atoms with E-state index in [1.54, 1.807) is 0 Å². The van der Waals surface area contributed by atoms with Crippen LogP contribution >= 0.6 is 0 Å². The van der Waals surface area contributed by atoms with Crippen LogP contribution in [-0.2, 0) is 13.0 Å². The van der Waals surface area contributed by atoms with E-state index in [0.29, 0.717) is 0 Å². The molecule has 0 aliphatic carbocycles. The number of pyridine rings is 2. The first-order valence-corrected chi connectivity index (χ1v) is 9.30. The first-order valence-electron chi connectivity index (χ1n) is 9.30. The maximum absolute atomic E-state index is 4.48. The van der Waals surface area contributed by atoms with Crippen LogP contribution in [0, 0.1) is 6.92 Å². The second-order valence-corrected chi connectivity index (χ2v) is 6.71. The van der Waals surface area contributed by atoms with Crippen LogP contribution in [0.3, 0.4) is 0 Å². The van der Waals surface area contributed by atoms with Crippen LogP contribution in [-0.4, -0.2) is 14.5 Å². The van der Waals surface area contributed by atoms with Crippen molar-refractivity contribution in [3.8, 4) is 11.4 Å². The van der Waals surface area contributed by atoms with Gasteiger partial charge in [0.15, 0.2) is 0 Å². The molecule has 3 aromatic heterocycles. The SMILES string of the molecule is Cc1ccnc(-c2cc(CCCCCCCn3cccc3)ccn2)c1. The Morgan fingerprint density at radius 1 is 0.800 bits per heavy atom. The average molecular weight is 333 g/mol. The van der Waals surface area contributed by atoms with Gasteiger partial charge < -0.3 is 4.57 Å². The molecule has 130 valence electrons. The van der Waals surface area contributed by atoms with E-state index >= 15 is 0 Å². The molecule has 3 heterocycles. The Morgan fingerprint density at radius 3 is 2.28 bits per heavy atom. The fourth-order valence-electron chi connectivity index (χ4n) is 3.12. The molecular formula is C22H27N3.